The van der Waals surface area contributed by atoms with Crippen LogP contribution in [0, 0.1) is 0 Å². The average molecular weight is 238 g/mol. The van der Waals surface area contributed by atoms with Crippen molar-refractivity contribution in [3.63, 3.8) is 0 Å². The van der Waals surface area contributed by atoms with E-state index in [0.29, 0.717) is 0 Å². The summed E-state index contributed by atoms with van der Waals surface area (Å²) in [7, 11) is -3.22. The maximum absolute atomic E-state index is 10.5. The Morgan fingerprint density at radius 2 is 1.79 bits per heavy atom. The lowest BCUT2D eigenvalue weighted by atomic mass is 10.2. The van der Waals surface area contributed by atoms with Crippen molar-refractivity contribution in [2.24, 2.45) is 0 Å². The summed E-state index contributed by atoms with van der Waals surface area (Å²) < 4.78 is 20.4. The van der Waals surface area contributed by atoms with Gasteiger partial charge in [0.25, 0.3) is 0 Å². The maximum Gasteiger partial charge on any atom is 0.335 e. The van der Waals surface area contributed by atoms with Crippen LogP contribution in [0.1, 0.15) is 10.4 Å². The molecule has 0 amide bonds. The summed E-state index contributed by atoms with van der Waals surface area (Å²) in [6.07, 6.45) is 0. The van der Waals surface area contributed by atoms with Crippen LogP contribution in [0.4, 0.5) is 0 Å². The summed E-state index contributed by atoms with van der Waals surface area (Å²) in [5.41, 5.74) is 0.0681. The molecule has 0 bridgehead atoms. The number of aromatic carboxylic acids is 1. The highest BCUT2D eigenvalue weighted by Gasteiger charge is 2.14. The van der Waals surface area contributed by atoms with Crippen LogP contribution < -0.4 is 4.24 Å². The van der Waals surface area contributed by atoms with Crippen molar-refractivity contribution in [1.29, 1.82) is 0 Å². The molecule has 14 heavy (non-hydrogen) atoms. The molecular weight excluding hydrogens is 230 g/mol. The van der Waals surface area contributed by atoms with Gasteiger partial charge in [-0.1, -0.05) is 10.8 Å². The zero-order valence-electron chi connectivity index (χ0n) is 6.85. The second-order valence-corrected chi connectivity index (χ2v) is 4.64. The Labute approximate surface area is 86.9 Å². The van der Waals surface area contributed by atoms with Crippen LogP contribution in [0.25, 0.3) is 0 Å². The SMILES string of the molecule is O=C(O)c1ccc(S(O)(O)NCl)cc1. The summed E-state index contributed by atoms with van der Waals surface area (Å²) in [5.74, 6) is -1.08. The van der Waals surface area contributed by atoms with Crippen LogP contribution in [-0.2, 0) is 0 Å². The zero-order chi connectivity index (χ0) is 10.8. The van der Waals surface area contributed by atoms with Crippen molar-refractivity contribution in [1.82, 2.24) is 4.24 Å². The molecule has 0 radical (unpaired) electrons. The van der Waals surface area contributed by atoms with Gasteiger partial charge in [-0.25, -0.2) is 4.79 Å². The second kappa shape index (κ2) is 4.16. The summed E-state index contributed by atoms with van der Waals surface area (Å²) in [6, 6.07) is 5.10. The van der Waals surface area contributed by atoms with Gasteiger partial charge in [0, 0.05) is 0 Å². The third-order valence-corrected chi connectivity index (χ3v) is 3.33. The predicted molar refractivity (Wildman–Crippen MR) is 53.5 cm³/mol. The lowest BCUT2D eigenvalue weighted by molar-refractivity contribution is 0.0696. The van der Waals surface area contributed by atoms with Crippen LogP contribution in [0.2, 0.25) is 0 Å². The first-order valence-electron chi connectivity index (χ1n) is 3.46. The molecule has 0 aliphatic rings. The molecule has 0 saturated carbocycles. The third-order valence-electron chi connectivity index (χ3n) is 1.54. The average Bonchev–Trinajstić information content (AvgIpc) is 2.18. The number of carbonyl (C=O) groups is 1. The van der Waals surface area contributed by atoms with Crippen LogP contribution in [0.15, 0.2) is 29.2 Å². The summed E-state index contributed by atoms with van der Waals surface area (Å²) in [5, 5.41) is 8.58. The van der Waals surface area contributed by atoms with E-state index < -0.39 is 16.7 Å². The minimum Gasteiger partial charge on any atom is -0.478 e. The molecule has 78 valence electrons. The van der Waals surface area contributed by atoms with Gasteiger partial charge in [0.1, 0.15) is 0 Å². The van der Waals surface area contributed by atoms with Gasteiger partial charge in [0.15, 0.2) is 0 Å². The fourth-order valence-electron chi connectivity index (χ4n) is 0.832. The molecule has 0 aliphatic heterocycles. The minimum absolute atomic E-state index is 0.0681. The van der Waals surface area contributed by atoms with Gasteiger partial charge in [0.05, 0.1) is 10.5 Å². The number of hydrogen-bond acceptors (Lipinski definition) is 4. The van der Waals surface area contributed by atoms with Gasteiger partial charge in [-0.2, -0.15) is 0 Å². The van der Waals surface area contributed by atoms with E-state index in [1.165, 1.54) is 24.3 Å². The van der Waals surface area contributed by atoms with Crippen molar-refractivity contribution < 1.29 is 19.0 Å². The molecule has 0 atom stereocenters. The van der Waals surface area contributed by atoms with E-state index in [4.69, 9.17) is 16.9 Å². The molecule has 0 aromatic heterocycles. The van der Waals surface area contributed by atoms with E-state index in [9.17, 15) is 13.9 Å². The largest absolute Gasteiger partial charge is 0.478 e. The molecule has 0 aliphatic carbocycles. The Balaban J connectivity index is 2.99. The molecule has 0 heterocycles. The smallest absolute Gasteiger partial charge is 0.335 e. The van der Waals surface area contributed by atoms with Crippen molar-refractivity contribution in [2.45, 2.75) is 4.90 Å². The topological polar surface area (TPSA) is 89.8 Å². The Hall–Kier alpha value is -0.790. The quantitative estimate of drug-likeness (QED) is 0.605. The number of benzene rings is 1. The number of carboxylic acid groups (broad SMARTS) is 1. The van der Waals surface area contributed by atoms with Crippen LogP contribution >= 0.6 is 22.6 Å². The minimum atomic E-state index is -3.22. The highest BCUT2D eigenvalue weighted by molar-refractivity contribution is 8.23. The molecule has 7 heteroatoms. The first-order chi connectivity index (χ1) is 6.47. The third kappa shape index (κ3) is 2.37. The van der Waals surface area contributed by atoms with Gasteiger partial charge in [-0.05, 0) is 36.0 Å². The number of carboxylic acids is 1. The van der Waals surface area contributed by atoms with Crippen LogP contribution in [0.5, 0.6) is 0 Å². The zero-order valence-corrected chi connectivity index (χ0v) is 8.42. The second-order valence-electron chi connectivity index (χ2n) is 2.46. The summed E-state index contributed by atoms with van der Waals surface area (Å²) >= 11 is 5.10. The van der Waals surface area contributed by atoms with Crippen molar-refractivity contribution in [2.75, 3.05) is 0 Å². The number of nitrogens with one attached hydrogen (secondary N) is 1. The Bertz CT molecular complexity index is 340. The van der Waals surface area contributed by atoms with Crippen molar-refractivity contribution in [3.8, 4) is 0 Å². The highest BCUT2D eigenvalue weighted by Crippen LogP contribution is 2.44. The van der Waals surface area contributed by atoms with E-state index in [1.54, 1.807) is 0 Å². The maximum atomic E-state index is 10.5. The highest BCUT2D eigenvalue weighted by atomic mass is 35.5. The standard InChI is InChI=1S/C7H8ClNO4S/c8-9-14(12,13)6-3-1-5(2-4-6)7(10)11/h1-4,9,12-13H,(H,10,11). The molecular formula is C7H8ClNO4S. The molecule has 1 rings (SSSR count). The molecule has 0 unspecified atom stereocenters. The van der Waals surface area contributed by atoms with Gasteiger partial charge in [0.2, 0.25) is 0 Å². The Morgan fingerprint density at radius 1 is 1.29 bits per heavy atom. The number of hydrogen-bond donors (Lipinski definition) is 4. The van der Waals surface area contributed by atoms with E-state index in [2.05, 4.69) is 0 Å². The van der Waals surface area contributed by atoms with Gasteiger partial charge in [-0.15, -0.1) is 4.24 Å². The first kappa shape index (κ1) is 11.3. The summed E-state index contributed by atoms with van der Waals surface area (Å²) in [4.78, 5) is 10.6. The molecule has 0 saturated heterocycles. The lowest BCUT2D eigenvalue weighted by Crippen LogP contribution is -2.10. The van der Waals surface area contributed by atoms with Gasteiger partial charge < -0.3 is 5.11 Å². The molecule has 1 aromatic carbocycles. The number of rotatable bonds is 3. The molecule has 1 aromatic rings. The number of halogens is 1. The predicted octanol–water partition coefficient (Wildman–Crippen LogP) is 2.15. The first-order valence-corrected chi connectivity index (χ1v) is 5.39. The van der Waals surface area contributed by atoms with Crippen molar-refractivity contribution in [3.05, 3.63) is 29.8 Å². The molecule has 4 N–H and O–H groups in total. The van der Waals surface area contributed by atoms with Gasteiger partial charge >= 0.3 is 5.97 Å². The lowest BCUT2D eigenvalue weighted by Gasteiger charge is -2.29. The van der Waals surface area contributed by atoms with E-state index in [-0.39, 0.29) is 10.5 Å². The fourth-order valence-corrected chi connectivity index (χ4v) is 1.70. The molecule has 5 nitrogen and oxygen atoms in total. The van der Waals surface area contributed by atoms with E-state index in [0.717, 1.165) is 0 Å². The normalized spacial score (nSPS) is 12.5. The van der Waals surface area contributed by atoms with Crippen molar-refractivity contribution >= 4 is 28.5 Å². The van der Waals surface area contributed by atoms with Gasteiger partial charge in [-0.3, -0.25) is 9.11 Å². The fraction of sp³-hybridized carbons (Fsp3) is 0. The molecule has 0 spiro atoms. The van der Waals surface area contributed by atoms with Crippen LogP contribution in [-0.4, -0.2) is 20.2 Å². The van der Waals surface area contributed by atoms with E-state index >= 15 is 0 Å². The van der Waals surface area contributed by atoms with E-state index in [1.807, 2.05) is 4.24 Å². The monoisotopic (exact) mass is 237 g/mol. The Kier molecular flexibility index (Phi) is 3.35. The molecule has 0 fully saturated rings. The summed E-state index contributed by atoms with van der Waals surface area (Å²) in [6.45, 7) is 0. The Morgan fingerprint density at radius 3 is 2.14 bits per heavy atom. The van der Waals surface area contributed by atoms with Crippen LogP contribution in [0.3, 0.4) is 0 Å².